The molecule has 1 heterocycles. The van der Waals surface area contributed by atoms with Gasteiger partial charge in [0.25, 0.3) is 0 Å². The number of hydrogen-bond acceptors (Lipinski definition) is 3. The van der Waals surface area contributed by atoms with Crippen molar-refractivity contribution in [3.05, 3.63) is 51.7 Å². The van der Waals surface area contributed by atoms with Crippen LogP contribution >= 0.6 is 23.1 Å². The summed E-state index contributed by atoms with van der Waals surface area (Å²) in [6.45, 7) is 4.96. The van der Waals surface area contributed by atoms with Crippen molar-refractivity contribution in [2.45, 2.75) is 24.0 Å². The van der Waals surface area contributed by atoms with Gasteiger partial charge in [-0.3, -0.25) is 0 Å². The van der Waals surface area contributed by atoms with Gasteiger partial charge in [-0.1, -0.05) is 17.7 Å². The van der Waals surface area contributed by atoms with Crippen molar-refractivity contribution in [2.75, 3.05) is 6.54 Å². The molecule has 0 spiro atoms. The molecule has 90 valence electrons. The average Bonchev–Trinajstić information content (AvgIpc) is 2.72. The highest BCUT2D eigenvalue weighted by Crippen LogP contribution is 2.38. The van der Waals surface area contributed by atoms with Crippen molar-refractivity contribution in [3.8, 4) is 0 Å². The van der Waals surface area contributed by atoms with E-state index in [0.717, 1.165) is 0 Å². The molecule has 2 aromatic rings. The lowest BCUT2D eigenvalue weighted by Gasteiger charge is -2.14. The molecule has 17 heavy (non-hydrogen) atoms. The van der Waals surface area contributed by atoms with Crippen LogP contribution in [-0.4, -0.2) is 6.54 Å². The normalized spacial score (nSPS) is 12.6. The molecule has 0 aliphatic carbocycles. The molecule has 1 unspecified atom stereocenters. The van der Waals surface area contributed by atoms with Gasteiger partial charge in [0, 0.05) is 16.3 Å². The van der Waals surface area contributed by atoms with Gasteiger partial charge in [0.05, 0.1) is 5.25 Å². The van der Waals surface area contributed by atoms with E-state index in [9.17, 15) is 0 Å². The SMILES string of the molecule is Cc1cccc(SC(CN)c2sccc2C)c1. The Morgan fingerprint density at radius 2 is 2.12 bits per heavy atom. The summed E-state index contributed by atoms with van der Waals surface area (Å²) in [4.78, 5) is 2.70. The highest BCUT2D eigenvalue weighted by Gasteiger charge is 2.14. The van der Waals surface area contributed by atoms with Crippen LogP contribution in [0.4, 0.5) is 0 Å². The van der Waals surface area contributed by atoms with E-state index in [-0.39, 0.29) is 0 Å². The number of rotatable bonds is 4. The Labute approximate surface area is 111 Å². The van der Waals surface area contributed by atoms with E-state index < -0.39 is 0 Å². The third-order valence-corrected chi connectivity index (χ3v) is 5.20. The van der Waals surface area contributed by atoms with E-state index in [4.69, 9.17) is 5.73 Å². The highest BCUT2D eigenvalue weighted by atomic mass is 32.2. The van der Waals surface area contributed by atoms with Gasteiger partial charge in [0.15, 0.2) is 0 Å². The van der Waals surface area contributed by atoms with Crippen LogP contribution in [0.15, 0.2) is 40.6 Å². The molecule has 0 aliphatic rings. The Morgan fingerprint density at radius 3 is 2.71 bits per heavy atom. The van der Waals surface area contributed by atoms with Crippen LogP contribution in [0.25, 0.3) is 0 Å². The van der Waals surface area contributed by atoms with Crippen LogP contribution in [0, 0.1) is 13.8 Å². The van der Waals surface area contributed by atoms with Crippen LogP contribution in [0.3, 0.4) is 0 Å². The minimum absolute atomic E-state index is 0.372. The van der Waals surface area contributed by atoms with Crippen LogP contribution in [0.5, 0.6) is 0 Å². The van der Waals surface area contributed by atoms with E-state index in [2.05, 4.69) is 49.6 Å². The Hall–Kier alpha value is -0.770. The second-order valence-electron chi connectivity index (χ2n) is 4.13. The first kappa shape index (κ1) is 12.7. The Kier molecular flexibility index (Phi) is 4.26. The van der Waals surface area contributed by atoms with E-state index in [1.165, 1.54) is 20.9 Å². The maximum Gasteiger partial charge on any atom is 0.0563 e. The second-order valence-corrected chi connectivity index (χ2v) is 6.35. The summed E-state index contributed by atoms with van der Waals surface area (Å²) in [5.74, 6) is 0. The monoisotopic (exact) mass is 263 g/mol. The van der Waals surface area contributed by atoms with Crippen molar-refractivity contribution in [3.63, 3.8) is 0 Å². The van der Waals surface area contributed by atoms with Crippen LogP contribution in [0.2, 0.25) is 0 Å². The van der Waals surface area contributed by atoms with Gasteiger partial charge in [0.2, 0.25) is 0 Å². The van der Waals surface area contributed by atoms with E-state index in [1.807, 2.05) is 11.8 Å². The number of aryl methyl sites for hydroxylation is 2. The molecular formula is C14H17NS2. The number of thioether (sulfide) groups is 1. The van der Waals surface area contributed by atoms with E-state index >= 15 is 0 Å². The summed E-state index contributed by atoms with van der Waals surface area (Å²) in [7, 11) is 0. The van der Waals surface area contributed by atoms with Crippen molar-refractivity contribution in [1.29, 1.82) is 0 Å². The maximum absolute atomic E-state index is 5.90. The third kappa shape index (κ3) is 3.12. The summed E-state index contributed by atoms with van der Waals surface area (Å²) < 4.78 is 0. The first-order valence-electron chi connectivity index (χ1n) is 5.68. The molecular weight excluding hydrogens is 246 g/mol. The largest absolute Gasteiger partial charge is 0.329 e. The van der Waals surface area contributed by atoms with E-state index in [1.54, 1.807) is 11.3 Å². The highest BCUT2D eigenvalue weighted by molar-refractivity contribution is 7.99. The predicted octanol–water partition coefficient (Wildman–Crippen LogP) is 4.16. The molecule has 2 N–H and O–H groups in total. The molecule has 2 rings (SSSR count). The Morgan fingerprint density at radius 1 is 1.29 bits per heavy atom. The minimum atomic E-state index is 0.372. The van der Waals surface area contributed by atoms with Crippen LogP contribution < -0.4 is 5.73 Å². The Bertz CT molecular complexity index is 490. The lowest BCUT2D eigenvalue weighted by Crippen LogP contribution is -2.08. The standard InChI is InChI=1S/C14H17NS2/c1-10-4-3-5-12(8-10)17-13(9-15)14-11(2)6-7-16-14/h3-8,13H,9,15H2,1-2H3. The van der Waals surface area contributed by atoms with Crippen molar-refractivity contribution in [2.24, 2.45) is 5.73 Å². The zero-order valence-corrected chi connectivity index (χ0v) is 11.8. The van der Waals surface area contributed by atoms with Gasteiger partial charge < -0.3 is 5.73 Å². The van der Waals surface area contributed by atoms with Crippen molar-refractivity contribution in [1.82, 2.24) is 0 Å². The lowest BCUT2D eigenvalue weighted by molar-refractivity contribution is 0.952. The second kappa shape index (κ2) is 5.71. The summed E-state index contributed by atoms with van der Waals surface area (Å²) in [5.41, 5.74) is 8.56. The first-order valence-corrected chi connectivity index (χ1v) is 7.44. The number of nitrogens with two attached hydrogens (primary N) is 1. The topological polar surface area (TPSA) is 26.0 Å². The van der Waals surface area contributed by atoms with Gasteiger partial charge in [-0.15, -0.1) is 23.1 Å². The lowest BCUT2D eigenvalue weighted by atomic mass is 10.2. The average molecular weight is 263 g/mol. The number of benzene rings is 1. The smallest absolute Gasteiger partial charge is 0.0563 e. The fourth-order valence-corrected chi connectivity index (χ4v) is 4.14. The number of thiophene rings is 1. The fraction of sp³-hybridized carbons (Fsp3) is 0.286. The predicted molar refractivity (Wildman–Crippen MR) is 77.9 cm³/mol. The summed E-state index contributed by atoms with van der Waals surface area (Å²) in [6, 6.07) is 10.8. The quantitative estimate of drug-likeness (QED) is 0.838. The molecule has 1 aromatic carbocycles. The van der Waals surface area contributed by atoms with Gasteiger partial charge in [0.1, 0.15) is 0 Å². The molecule has 1 atom stereocenters. The molecule has 1 nitrogen and oxygen atoms in total. The molecule has 0 bridgehead atoms. The molecule has 0 radical (unpaired) electrons. The third-order valence-electron chi connectivity index (χ3n) is 2.68. The fourth-order valence-electron chi connectivity index (χ4n) is 1.78. The molecule has 1 aromatic heterocycles. The minimum Gasteiger partial charge on any atom is -0.329 e. The van der Waals surface area contributed by atoms with Crippen molar-refractivity contribution < 1.29 is 0 Å². The van der Waals surface area contributed by atoms with Gasteiger partial charge in [-0.05, 0) is 43.0 Å². The van der Waals surface area contributed by atoms with Gasteiger partial charge in [-0.25, -0.2) is 0 Å². The zero-order chi connectivity index (χ0) is 12.3. The molecule has 0 amide bonds. The van der Waals surface area contributed by atoms with Gasteiger partial charge in [-0.2, -0.15) is 0 Å². The molecule has 0 fully saturated rings. The zero-order valence-electron chi connectivity index (χ0n) is 10.1. The maximum atomic E-state index is 5.90. The summed E-state index contributed by atoms with van der Waals surface area (Å²) in [5, 5.41) is 2.52. The molecule has 0 saturated heterocycles. The summed E-state index contributed by atoms with van der Waals surface area (Å²) in [6.07, 6.45) is 0. The molecule has 0 aliphatic heterocycles. The van der Waals surface area contributed by atoms with Crippen LogP contribution in [-0.2, 0) is 0 Å². The van der Waals surface area contributed by atoms with Gasteiger partial charge >= 0.3 is 0 Å². The molecule has 3 heteroatoms. The first-order chi connectivity index (χ1) is 8.20. The number of hydrogen-bond donors (Lipinski definition) is 1. The van der Waals surface area contributed by atoms with Crippen molar-refractivity contribution >= 4 is 23.1 Å². The Balaban J connectivity index is 2.19. The van der Waals surface area contributed by atoms with E-state index in [0.29, 0.717) is 11.8 Å². The molecule has 0 saturated carbocycles. The van der Waals surface area contributed by atoms with Crippen LogP contribution in [0.1, 0.15) is 21.3 Å². The summed E-state index contributed by atoms with van der Waals surface area (Å²) >= 11 is 3.67.